The van der Waals surface area contributed by atoms with Gasteiger partial charge in [0.15, 0.2) is 5.82 Å². The number of aromatic amines is 1. The number of carbonyl (C=O) groups is 1. The Morgan fingerprint density at radius 2 is 1.97 bits per heavy atom. The van der Waals surface area contributed by atoms with Crippen LogP contribution in [0.25, 0.3) is 10.7 Å². The standard InChI is InChI=1S/C24H21N5O2S2/c1-31-18-11-9-17(10-12-18)20-14-19(16-6-3-2-4-7-16)28-29(20)22(30)15-33-24-25-23(26-27-24)21-8-5-13-32-21/h2-13,20H,14-15H2,1H3,(H,25,26,27)/t20-/m1/s1. The molecule has 9 heteroatoms. The van der Waals surface area contributed by atoms with E-state index < -0.39 is 0 Å². The maximum atomic E-state index is 13.2. The van der Waals surface area contributed by atoms with E-state index in [9.17, 15) is 4.79 Å². The minimum atomic E-state index is -0.173. The molecule has 0 radical (unpaired) electrons. The number of methoxy groups -OCH3 is 1. The smallest absolute Gasteiger partial charge is 0.253 e. The molecule has 33 heavy (non-hydrogen) atoms. The fourth-order valence-corrected chi connectivity index (χ4v) is 4.97. The average molecular weight is 476 g/mol. The minimum absolute atomic E-state index is 0.0887. The van der Waals surface area contributed by atoms with Gasteiger partial charge in [-0.3, -0.25) is 9.89 Å². The summed E-state index contributed by atoms with van der Waals surface area (Å²) < 4.78 is 5.28. The van der Waals surface area contributed by atoms with Gasteiger partial charge in [-0.15, -0.1) is 16.4 Å². The van der Waals surface area contributed by atoms with Gasteiger partial charge in [0.05, 0.1) is 29.5 Å². The Morgan fingerprint density at radius 1 is 1.15 bits per heavy atom. The summed E-state index contributed by atoms with van der Waals surface area (Å²) >= 11 is 2.89. The zero-order valence-corrected chi connectivity index (χ0v) is 19.5. The predicted molar refractivity (Wildman–Crippen MR) is 131 cm³/mol. The Labute approximate surface area is 199 Å². The molecule has 0 unspecified atom stereocenters. The van der Waals surface area contributed by atoms with Crippen molar-refractivity contribution in [2.24, 2.45) is 5.10 Å². The normalized spacial score (nSPS) is 15.5. The zero-order valence-electron chi connectivity index (χ0n) is 17.8. The molecule has 0 saturated carbocycles. The molecule has 1 atom stereocenters. The number of hydrogen-bond acceptors (Lipinski definition) is 7. The molecule has 0 saturated heterocycles. The summed E-state index contributed by atoms with van der Waals surface area (Å²) in [6.07, 6.45) is 0.649. The SMILES string of the molecule is COc1ccc([C@H]2CC(c3ccccc3)=NN2C(=O)CSc2n[nH]c(-c3cccs3)n2)cc1. The van der Waals surface area contributed by atoms with Crippen molar-refractivity contribution in [3.8, 4) is 16.5 Å². The first-order valence-corrected chi connectivity index (χ1v) is 12.3. The molecule has 2 aromatic heterocycles. The third-order valence-corrected chi connectivity index (χ3v) is 7.03. The summed E-state index contributed by atoms with van der Waals surface area (Å²) in [6.45, 7) is 0. The monoisotopic (exact) mass is 475 g/mol. The van der Waals surface area contributed by atoms with Crippen LogP contribution in [0.4, 0.5) is 0 Å². The number of thioether (sulfide) groups is 1. The fourth-order valence-electron chi connectivity index (χ4n) is 3.66. The molecule has 0 bridgehead atoms. The van der Waals surface area contributed by atoms with E-state index in [4.69, 9.17) is 9.84 Å². The van der Waals surface area contributed by atoms with Crippen LogP contribution in [0.3, 0.4) is 0 Å². The molecular weight excluding hydrogens is 454 g/mol. The van der Waals surface area contributed by atoms with Crippen molar-refractivity contribution >= 4 is 34.7 Å². The van der Waals surface area contributed by atoms with Gasteiger partial charge in [0.1, 0.15) is 5.75 Å². The third-order valence-electron chi connectivity index (χ3n) is 5.32. The van der Waals surface area contributed by atoms with E-state index in [-0.39, 0.29) is 17.7 Å². The summed E-state index contributed by atoms with van der Waals surface area (Å²) in [5.41, 5.74) is 2.93. The van der Waals surface area contributed by atoms with Crippen LogP contribution in [-0.4, -0.2) is 44.7 Å². The highest BCUT2D eigenvalue weighted by Crippen LogP contribution is 2.34. The molecule has 166 valence electrons. The summed E-state index contributed by atoms with van der Waals surface area (Å²) in [4.78, 5) is 18.8. The van der Waals surface area contributed by atoms with Crippen LogP contribution >= 0.6 is 23.1 Å². The van der Waals surface area contributed by atoms with E-state index in [1.54, 1.807) is 23.5 Å². The first-order valence-electron chi connectivity index (χ1n) is 10.4. The molecule has 1 aliphatic rings. The van der Waals surface area contributed by atoms with Crippen LogP contribution < -0.4 is 4.74 Å². The van der Waals surface area contributed by atoms with Crippen molar-refractivity contribution in [1.82, 2.24) is 20.2 Å². The van der Waals surface area contributed by atoms with Crippen LogP contribution in [0.1, 0.15) is 23.6 Å². The van der Waals surface area contributed by atoms with Gasteiger partial charge >= 0.3 is 0 Å². The van der Waals surface area contributed by atoms with Gasteiger partial charge in [-0.2, -0.15) is 5.10 Å². The van der Waals surface area contributed by atoms with Crippen molar-refractivity contribution in [2.45, 2.75) is 17.6 Å². The predicted octanol–water partition coefficient (Wildman–Crippen LogP) is 5.01. The lowest BCUT2D eigenvalue weighted by Crippen LogP contribution is -2.28. The second-order valence-electron chi connectivity index (χ2n) is 7.38. The van der Waals surface area contributed by atoms with E-state index in [0.717, 1.165) is 27.5 Å². The van der Waals surface area contributed by atoms with Gasteiger partial charge < -0.3 is 4.74 Å². The van der Waals surface area contributed by atoms with Crippen molar-refractivity contribution in [2.75, 3.05) is 12.9 Å². The molecule has 4 aromatic rings. The molecule has 0 fully saturated rings. The number of aromatic nitrogens is 3. The Kier molecular flexibility index (Phi) is 6.23. The summed E-state index contributed by atoms with van der Waals surface area (Å²) in [5, 5.41) is 16.0. The first-order chi connectivity index (χ1) is 16.2. The quantitative estimate of drug-likeness (QED) is 0.380. The van der Waals surface area contributed by atoms with Gasteiger partial charge in [-0.25, -0.2) is 9.99 Å². The molecule has 3 heterocycles. The number of hydrazone groups is 1. The Hall–Kier alpha value is -3.43. The van der Waals surface area contributed by atoms with Crippen LogP contribution in [0.5, 0.6) is 5.75 Å². The maximum Gasteiger partial charge on any atom is 0.253 e. The molecule has 1 aliphatic heterocycles. The van der Waals surface area contributed by atoms with Crippen molar-refractivity contribution in [3.05, 3.63) is 83.2 Å². The first kappa shape index (κ1) is 21.4. The highest BCUT2D eigenvalue weighted by atomic mass is 32.2. The molecule has 7 nitrogen and oxygen atoms in total. The van der Waals surface area contributed by atoms with E-state index in [1.807, 2.05) is 72.1 Å². The van der Waals surface area contributed by atoms with Crippen molar-refractivity contribution < 1.29 is 9.53 Å². The molecule has 5 rings (SSSR count). The molecule has 2 aromatic carbocycles. The van der Waals surface area contributed by atoms with Gasteiger partial charge in [-0.05, 0) is 34.7 Å². The third kappa shape index (κ3) is 4.69. The van der Waals surface area contributed by atoms with E-state index in [2.05, 4.69) is 15.2 Å². The van der Waals surface area contributed by atoms with Crippen LogP contribution in [0.15, 0.2) is 82.4 Å². The van der Waals surface area contributed by atoms with E-state index >= 15 is 0 Å². The number of benzene rings is 2. The summed E-state index contributed by atoms with van der Waals surface area (Å²) in [5.74, 6) is 1.59. The highest BCUT2D eigenvalue weighted by molar-refractivity contribution is 7.99. The Morgan fingerprint density at radius 3 is 2.70 bits per heavy atom. The molecule has 0 spiro atoms. The second kappa shape index (κ2) is 9.60. The minimum Gasteiger partial charge on any atom is -0.497 e. The molecule has 0 aliphatic carbocycles. The van der Waals surface area contributed by atoms with E-state index in [0.29, 0.717) is 17.4 Å². The highest BCUT2D eigenvalue weighted by Gasteiger charge is 2.33. The second-order valence-corrected chi connectivity index (χ2v) is 9.27. The number of hydrogen-bond donors (Lipinski definition) is 1. The number of carbonyl (C=O) groups excluding carboxylic acids is 1. The number of thiophene rings is 1. The summed E-state index contributed by atoms with van der Waals surface area (Å²) in [6, 6.07) is 21.5. The number of rotatable bonds is 7. The topological polar surface area (TPSA) is 83.5 Å². The lowest BCUT2D eigenvalue weighted by Gasteiger charge is -2.22. The number of nitrogens with zero attached hydrogens (tertiary/aromatic N) is 4. The number of ether oxygens (including phenoxy) is 1. The van der Waals surface area contributed by atoms with Crippen molar-refractivity contribution in [1.29, 1.82) is 0 Å². The number of nitrogens with one attached hydrogen (secondary N) is 1. The fraction of sp³-hybridized carbons (Fsp3) is 0.167. The Balaban J connectivity index is 1.34. The van der Waals surface area contributed by atoms with Gasteiger partial charge in [0.25, 0.3) is 5.91 Å². The van der Waals surface area contributed by atoms with Crippen LogP contribution in [0, 0.1) is 0 Å². The average Bonchev–Trinajstić information content (AvgIpc) is 3.64. The van der Waals surface area contributed by atoms with Gasteiger partial charge in [0, 0.05) is 6.42 Å². The lowest BCUT2D eigenvalue weighted by molar-refractivity contribution is -0.130. The van der Waals surface area contributed by atoms with Crippen LogP contribution in [-0.2, 0) is 4.79 Å². The lowest BCUT2D eigenvalue weighted by atomic mass is 9.98. The van der Waals surface area contributed by atoms with Gasteiger partial charge in [0.2, 0.25) is 5.16 Å². The molecule has 1 N–H and O–H groups in total. The van der Waals surface area contributed by atoms with Gasteiger partial charge in [-0.1, -0.05) is 60.3 Å². The van der Waals surface area contributed by atoms with Crippen molar-refractivity contribution in [3.63, 3.8) is 0 Å². The largest absolute Gasteiger partial charge is 0.497 e. The van der Waals surface area contributed by atoms with Crippen LogP contribution in [0.2, 0.25) is 0 Å². The number of H-pyrrole nitrogens is 1. The summed E-state index contributed by atoms with van der Waals surface area (Å²) in [7, 11) is 1.64. The maximum absolute atomic E-state index is 13.2. The molecule has 1 amide bonds. The number of amides is 1. The molecular formula is C24H21N5O2S2. The zero-order chi connectivity index (χ0) is 22.6. The Bertz CT molecular complexity index is 1250. The van der Waals surface area contributed by atoms with E-state index in [1.165, 1.54) is 11.8 Å².